The molecule has 1 aromatic heterocycles. The molecule has 0 spiro atoms. The molecule has 2 heterocycles. The zero-order chi connectivity index (χ0) is 14.9. The second kappa shape index (κ2) is 5.70. The van der Waals surface area contributed by atoms with E-state index in [0.29, 0.717) is 4.47 Å². The highest BCUT2D eigenvalue weighted by atomic mass is 79.9. The van der Waals surface area contributed by atoms with Gasteiger partial charge in [-0.3, -0.25) is 9.69 Å². The molecule has 108 valence electrons. The highest BCUT2D eigenvalue weighted by molar-refractivity contribution is 9.10. The van der Waals surface area contributed by atoms with E-state index in [1.54, 1.807) is 0 Å². The Morgan fingerprint density at radius 1 is 1.55 bits per heavy atom. The third-order valence-corrected chi connectivity index (χ3v) is 3.51. The Labute approximate surface area is 120 Å². The smallest absolute Gasteiger partial charge is 0.408 e. The highest BCUT2D eigenvalue weighted by Gasteiger charge is 2.40. The van der Waals surface area contributed by atoms with Gasteiger partial charge in [0, 0.05) is 18.7 Å². The Balaban J connectivity index is 2.15. The number of rotatable bonds is 2. The van der Waals surface area contributed by atoms with Gasteiger partial charge in [-0.1, -0.05) is 0 Å². The number of carbonyl (C=O) groups is 2. The van der Waals surface area contributed by atoms with E-state index in [4.69, 9.17) is 5.11 Å². The van der Waals surface area contributed by atoms with Crippen LogP contribution < -0.4 is 5.32 Å². The van der Waals surface area contributed by atoms with Crippen LogP contribution in [0, 0.1) is 5.95 Å². The molecular weight excluding hydrogens is 340 g/mol. The normalized spacial score (nSPS) is 21.9. The summed E-state index contributed by atoms with van der Waals surface area (Å²) in [5.41, 5.74) is 0.107. The van der Waals surface area contributed by atoms with Crippen molar-refractivity contribution in [2.24, 2.45) is 0 Å². The molecule has 0 radical (unpaired) electrons. The number of carbonyl (C=O) groups excluding carboxylic acids is 1. The monoisotopic (exact) mass is 349 g/mol. The number of hydrogen-bond donors (Lipinski definition) is 2. The Hall–Kier alpha value is -1.77. The van der Waals surface area contributed by atoms with Crippen molar-refractivity contribution in [3.63, 3.8) is 0 Å². The van der Waals surface area contributed by atoms with Gasteiger partial charge in [0.1, 0.15) is 12.2 Å². The van der Waals surface area contributed by atoms with Gasteiger partial charge in [0.05, 0.1) is 16.7 Å². The Bertz CT molecular complexity index is 558. The Kier molecular flexibility index (Phi) is 4.17. The van der Waals surface area contributed by atoms with Gasteiger partial charge in [-0.15, -0.1) is 0 Å². The number of likely N-dealkylation sites (tertiary alicyclic amines) is 1. The van der Waals surface area contributed by atoms with Gasteiger partial charge in [-0.25, -0.2) is 14.2 Å². The summed E-state index contributed by atoms with van der Waals surface area (Å²) in [6.07, 6.45) is -1.82. The van der Waals surface area contributed by atoms with Crippen LogP contribution in [-0.4, -0.2) is 45.7 Å². The van der Waals surface area contributed by atoms with Crippen LogP contribution >= 0.6 is 15.9 Å². The summed E-state index contributed by atoms with van der Waals surface area (Å²) >= 11 is 3.08. The van der Waals surface area contributed by atoms with Gasteiger partial charge < -0.3 is 10.4 Å². The van der Waals surface area contributed by atoms with Crippen molar-refractivity contribution in [3.05, 3.63) is 22.7 Å². The zero-order valence-corrected chi connectivity index (χ0v) is 11.6. The number of anilines is 1. The maximum atomic E-state index is 13.3. The first kappa shape index (κ1) is 14.6. The van der Waals surface area contributed by atoms with E-state index in [1.165, 1.54) is 0 Å². The molecule has 2 atom stereocenters. The quantitative estimate of drug-likeness (QED) is 0.800. The molecule has 1 aliphatic rings. The first-order valence-electron chi connectivity index (χ1n) is 5.64. The summed E-state index contributed by atoms with van der Waals surface area (Å²) in [6, 6.07) is -0.153. The third kappa shape index (κ3) is 3.03. The molecule has 1 aliphatic heterocycles. The fraction of sp³-hybridized carbons (Fsp3) is 0.364. The van der Waals surface area contributed by atoms with Gasteiger partial charge >= 0.3 is 6.09 Å². The summed E-state index contributed by atoms with van der Waals surface area (Å²) in [7, 11) is 0. The summed E-state index contributed by atoms with van der Waals surface area (Å²) in [4.78, 5) is 27.0. The maximum absolute atomic E-state index is 13.3. The van der Waals surface area contributed by atoms with Crippen LogP contribution in [0.25, 0.3) is 0 Å². The number of carboxylic acid groups (broad SMARTS) is 1. The molecule has 20 heavy (non-hydrogen) atoms. The standard InChI is InChI=1S/C11H10BrF2N3O3/c12-6-3-15-9(14)2-7(6)16-10(18)8-1-5(13)4-17(8)11(19)20/h2-3,5,8H,1,4H2,(H,19,20)(H,15,16,18)/t5-,8+/m1/s1. The van der Waals surface area contributed by atoms with Gasteiger partial charge in [0.25, 0.3) is 0 Å². The van der Waals surface area contributed by atoms with Crippen molar-refractivity contribution >= 4 is 33.6 Å². The van der Waals surface area contributed by atoms with Crippen molar-refractivity contribution in [1.29, 1.82) is 0 Å². The Morgan fingerprint density at radius 2 is 2.25 bits per heavy atom. The van der Waals surface area contributed by atoms with Gasteiger partial charge in [-0.05, 0) is 15.9 Å². The zero-order valence-electron chi connectivity index (χ0n) is 10.0. The molecule has 2 amide bonds. The lowest BCUT2D eigenvalue weighted by Gasteiger charge is -2.20. The van der Waals surface area contributed by atoms with Gasteiger partial charge in [0.15, 0.2) is 0 Å². The number of hydrogen-bond acceptors (Lipinski definition) is 3. The fourth-order valence-corrected chi connectivity index (χ4v) is 2.29. The minimum atomic E-state index is -1.39. The summed E-state index contributed by atoms with van der Waals surface area (Å²) < 4.78 is 26.6. The molecule has 2 N–H and O–H groups in total. The van der Waals surface area contributed by atoms with E-state index in [1.807, 2.05) is 0 Å². The lowest BCUT2D eigenvalue weighted by molar-refractivity contribution is -0.119. The van der Waals surface area contributed by atoms with Crippen molar-refractivity contribution < 1.29 is 23.5 Å². The molecule has 0 aromatic carbocycles. The van der Waals surface area contributed by atoms with Crippen LogP contribution in [0.15, 0.2) is 16.7 Å². The molecule has 6 nitrogen and oxygen atoms in total. The van der Waals surface area contributed by atoms with E-state index in [-0.39, 0.29) is 18.7 Å². The summed E-state index contributed by atoms with van der Waals surface area (Å²) in [5, 5.41) is 11.3. The third-order valence-electron chi connectivity index (χ3n) is 2.88. The molecule has 1 fully saturated rings. The van der Waals surface area contributed by atoms with E-state index >= 15 is 0 Å². The first-order valence-corrected chi connectivity index (χ1v) is 6.43. The molecular formula is C11H10BrF2N3O3. The van der Waals surface area contributed by atoms with Crippen LogP contribution in [-0.2, 0) is 4.79 Å². The molecule has 0 aliphatic carbocycles. The van der Waals surface area contributed by atoms with Crippen LogP contribution in [0.4, 0.5) is 19.3 Å². The number of amides is 2. The lowest BCUT2D eigenvalue weighted by Crippen LogP contribution is -2.42. The number of halogens is 3. The van der Waals surface area contributed by atoms with Crippen LogP contribution in [0.5, 0.6) is 0 Å². The van der Waals surface area contributed by atoms with Crippen LogP contribution in [0.2, 0.25) is 0 Å². The molecule has 0 bridgehead atoms. The second-order valence-electron chi connectivity index (χ2n) is 4.26. The second-order valence-corrected chi connectivity index (χ2v) is 5.11. The van der Waals surface area contributed by atoms with Crippen LogP contribution in [0.3, 0.4) is 0 Å². The van der Waals surface area contributed by atoms with Crippen molar-refractivity contribution in [3.8, 4) is 0 Å². The van der Waals surface area contributed by atoms with E-state index in [0.717, 1.165) is 17.2 Å². The number of nitrogens with zero attached hydrogens (tertiary/aromatic N) is 2. The van der Waals surface area contributed by atoms with Crippen molar-refractivity contribution in [1.82, 2.24) is 9.88 Å². The van der Waals surface area contributed by atoms with Crippen molar-refractivity contribution in [2.75, 3.05) is 11.9 Å². The molecule has 2 rings (SSSR count). The molecule has 0 unspecified atom stereocenters. The number of nitrogens with one attached hydrogen (secondary N) is 1. The molecule has 0 saturated carbocycles. The van der Waals surface area contributed by atoms with Crippen LogP contribution in [0.1, 0.15) is 6.42 Å². The SMILES string of the molecule is O=C(Nc1cc(F)ncc1Br)[C@@H]1C[C@@H](F)CN1C(=O)O. The molecule has 9 heteroatoms. The molecule has 1 saturated heterocycles. The minimum absolute atomic E-state index is 0.107. The predicted octanol–water partition coefficient (Wildman–Crippen LogP) is 2.01. The summed E-state index contributed by atoms with van der Waals surface area (Å²) in [5.74, 6) is -1.51. The summed E-state index contributed by atoms with van der Waals surface area (Å²) in [6.45, 7) is -0.348. The number of aromatic nitrogens is 1. The Morgan fingerprint density at radius 3 is 2.90 bits per heavy atom. The number of pyridine rings is 1. The largest absolute Gasteiger partial charge is 0.465 e. The topological polar surface area (TPSA) is 82.5 Å². The number of alkyl halides is 1. The molecule has 1 aromatic rings. The maximum Gasteiger partial charge on any atom is 0.408 e. The van der Waals surface area contributed by atoms with E-state index < -0.39 is 30.2 Å². The fourth-order valence-electron chi connectivity index (χ4n) is 1.97. The highest BCUT2D eigenvalue weighted by Crippen LogP contribution is 2.25. The predicted molar refractivity (Wildman–Crippen MR) is 68.6 cm³/mol. The van der Waals surface area contributed by atoms with Crippen molar-refractivity contribution in [2.45, 2.75) is 18.6 Å². The van der Waals surface area contributed by atoms with Gasteiger partial charge in [0.2, 0.25) is 11.9 Å². The average Bonchev–Trinajstić information content (AvgIpc) is 2.76. The van der Waals surface area contributed by atoms with Gasteiger partial charge in [-0.2, -0.15) is 4.39 Å². The average molecular weight is 350 g/mol. The van der Waals surface area contributed by atoms with E-state index in [9.17, 15) is 18.4 Å². The lowest BCUT2D eigenvalue weighted by atomic mass is 10.2. The van der Waals surface area contributed by atoms with E-state index in [2.05, 4.69) is 26.2 Å². The minimum Gasteiger partial charge on any atom is -0.465 e. The first-order chi connectivity index (χ1) is 9.38.